The summed E-state index contributed by atoms with van der Waals surface area (Å²) in [5, 5.41) is 12.0. The topological polar surface area (TPSA) is 63.1 Å². The SMILES string of the molecule is Cc1c(C(=O)N2CCC3CCC(C2)N3)nnn1-c1cccc(Br)c1.Cl. The smallest absolute Gasteiger partial charge is 0.276 e. The standard InChI is InChI=1S/C17H20BrN5O.ClH/c1-11-16(20-21-23(11)15-4-2-3-12(18)9-15)17(24)22-8-7-13-5-6-14(10-22)19-13;/h2-4,9,13-14,19H,5-8,10H2,1H3;1H. The zero-order chi connectivity index (χ0) is 16.7. The first kappa shape index (κ1) is 18.4. The van der Waals surface area contributed by atoms with E-state index in [9.17, 15) is 4.79 Å². The van der Waals surface area contributed by atoms with E-state index < -0.39 is 0 Å². The number of nitrogens with zero attached hydrogens (tertiary/aromatic N) is 4. The van der Waals surface area contributed by atoms with Gasteiger partial charge >= 0.3 is 0 Å². The van der Waals surface area contributed by atoms with Crippen LogP contribution in [-0.2, 0) is 0 Å². The Kier molecular flexibility index (Phi) is 5.46. The number of carbonyl (C=O) groups excluding carboxylic acids is 1. The highest BCUT2D eigenvalue weighted by Crippen LogP contribution is 2.23. The molecule has 1 N–H and O–H groups in total. The van der Waals surface area contributed by atoms with Gasteiger partial charge in [-0.25, -0.2) is 4.68 Å². The van der Waals surface area contributed by atoms with E-state index in [1.54, 1.807) is 4.68 Å². The van der Waals surface area contributed by atoms with Crippen LogP contribution in [0.5, 0.6) is 0 Å². The first-order valence-corrected chi connectivity index (χ1v) is 9.14. The largest absolute Gasteiger partial charge is 0.336 e. The number of benzene rings is 1. The fraction of sp³-hybridized carbons (Fsp3) is 0.471. The van der Waals surface area contributed by atoms with Crippen LogP contribution in [-0.4, -0.2) is 51.0 Å². The van der Waals surface area contributed by atoms with E-state index in [0.29, 0.717) is 17.8 Å². The van der Waals surface area contributed by atoms with Crippen molar-refractivity contribution in [3.63, 3.8) is 0 Å². The van der Waals surface area contributed by atoms with Crippen LogP contribution in [0.2, 0.25) is 0 Å². The molecule has 2 saturated heterocycles. The van der Waals surface area contributed by atoms with Crippen LogP contribution in [0.4, 0.5) is 0 Å². The number of carbonyl (C=O) groups is 1. The van der Waals surface area contributed by atoms with Crippen molar-refractivity contribution in [2.75, 3.05) is 13.1 Å². The Labute approximate surface area is 161 Å². The Bertz CT molecular complexity index is 780. The summed E-state index contributed by atoms with van der Waals surface area (Å²) >= 11 is 3.47. The third kappa shape index (κ3) is 3.59. The van der Waals surface area contributed by atoms with Gasteiger partial charge in [0, 0.05) is 29.6 Å². The van der Waals surface area contributed by atoms with Crippen molar-refractivity contribution in [2.24, 2.45) is 0 Å². The molecule has 2 fully saturated rings. The lowest BCUT2D eigenvalue weighted by Crippen LogP contribution is -2.39. The van der Waals surface area contributed by atoms with Crippen LogP contribution in [0.15, 0.2) is 28.7 Å². The summed E-state index contributed by atoms with van der Waals surface area (Å²) in [6.45, 7) is 3.45. The lowest BCUT2D eigenvalue weighted by Gasteiger charge is -2.23. The zero-order valence-corrected chi connectivity index (χ0v) is 16.4. The molecular formula is C17H21BrClN5O. The van der Waals surface area contributed by atoms with Gasteiger partial charge in [0.1, 0.15) is 0 Å². The van der Waals surface area contributed by atoms with Gasteiger partial charge in [-0.1, -0.05) is 27.2 Å². The van der Waals surface area contributed by atoms with Crippen LogP contribution in [0.25, 0.3) is 5.69 Å². The highest BCUT2D eigenvalue weighted by Gasteiger charge is 2.33. The average Bonchev–Trinajstić information content (AvgIpc) is 3.09. The minimum Gasteiger partial charge on any atom is -0.336 e. The van der Waals surface area contributed by atoms with Crippen molar-refractivity contribution < 1.29 is 4.79 Å². The molecule has 134 valence electrons. The Hall–Kier alpha value is -1.44. The number of fused-ring (bicyclic) bond motifs is 2. The normalized spacial score (nSPS) is 22.4. The number of nitrogens with one attached hydrogen (secondary N) is 1. The van der Waals surface area contributed by atoms with Crippen molar-refractivity contribution >= 4 is 34.2 Å². The van der Waals surface area contributed by atoms with Gasteiger partial charge in [-0.2, -0.15) is 0 Å². The first-order chi connectivity index (χ1) is 11.6. The second kappa shape index (κ2) is 7.43. The summed E-state index contributed by atoms with van der Waals surface area (Å²) in [5.41, 5.74) is 2.12. The van der Waals surface area contributed by atoms with Gasteiger partial charge in [0.25, 0.3) is 5.91 Å². The molecule has 3 heterocycles. The van der Waals surface area contributed by atoms with E-state index in [2.05, 4.69) is 31.6 Å². The maximum absolute atomic E-state index is 12.9. The first-order valence-electron chi connectivity index (χ1n) is 8.35. The van der Waals surface area contributed by atoms with Gasteiger partial charge in [0.05, 0.1) is 11.4 Å². The molecule has 4 rings (SSSR count). The molecule has 0 saturated carbocycles. The molecule has 2 aliphatic heterocycles. The summed E-state index contributed by atoms with van der Waals surface area (Å²) in [6.07, 6.45) is 3.39. The third-order valence-corrected chi connectivity index (χ3v) is 5.45. The fourth-order valence-electron chi connectivity index (χ4n) is 3.66. The molecule has 1 aromatic carbocycles. The summed E-state index contributed by atoms with van der Waals surface area (Å²) in [7, 11) is 0. The molecule has 2 atom stereocenters. The van der Waals surface area contributed by atoms with Crippen molar-refractivity contribution in [3.05, 3.63) is 40.1 Å². The van der Waals surface area contributed by atoms with Gasteiger partial charge in [-0.3, -0.25) is 4.79 Å². The number of likely N-dealkylation sites (tertiary alicyclic amines) is 1. The van der Waals surface area contributed by atoms with Gasteiger partial charge < -0.3 is 10.2 Å². The Morgan fingerprint density at radius 3 is 2.88 bits per heavy atom. The minimum absolute atomic E-state index is 0. The molecule has 25 heavy (non-hydrogen) atoms. The maximum atomic E-state index is 12.9. The van der Waals surface area contributed by atoms with Crippen molar-refractivity contribution in [1.29, 1.82) is 0 Å². The predicted octanol–water partition coefficient (Wildman–Crippen LogP) is 2.73. The number of amides is 1. The average molecular weight is 427 g/mol. The van der Waals surface area contributed by atoms with Gasteiger partial charge in [0.15, 0.2) is 5.69 Å². The number of halogens is 2. The quantitative estimate of drug-likeness (QED) is 0.802. The summed E-state index contributed by atoms with van der Waals surface area (Å²) in [5.74, 6) is -0.0110. The zero-order valence-electron chi connectivity index (χ0n) is 14.0. The molecule has 2 aliphatic rings. The van der Waals surface area contributed by atoms with E-state index in [-0.39, 0.29) is 18.3 Å². The number of hydrogen-bond donors (Lipinski definition) is 1. The van der Waals surface area contributed by atoms with Gasteiger partial charge in [-0.05, 0) is 44.4 Å². The number of aromatic nitrogens is 3. The van der Waals surface area contributed by atoms with E-state index in [1.165, 1.54) is 6.42 Å². The summed E-state index contributed by atoms with van der Waals surface area (Å²) in [4.78, 5) is 14.9. The number of hydrogen-bond acceptors (Lipinski definition) is 4. The number of rotatable bonds is 2. The van der Waals surface area contributed by atoms with Crippen LogP contribution in [0.1, 0.15) is 35.4 Å². The van der Waals surface area contributed by atoms with Crippen molar-refractivity contribution in [3.8, 4) is 5.69 Å². The van der Waals surface area contributed by atoms with E-state index in [4.69, 9.17) is 0 Å². The second-order valence-corrected chi connectivity index (χ2v) is 7.51. The fourth-order valence-corrected chi connectivity index (χ4v) is 4.04. The van der Waals surface area contributed by atoms with Crippen LogP contribution < -0.4 is 5.32 Å². The summed E-state index contributed by atoms with van der Waals surface area (Å²) in [6, 6.07) is 8.80. The Balaban J connectivity index is 0.00000182. The third-order valence-electron chi connectivity index (χ3n) is 4.96. The monoisotopic (exact) mass is 425 g/mol. The molecule has 2 aromatic rings. The highest BCUT2D eigenvalue weighted by atomic mass is 79.9. The van der Waals surface area contributed by atoms with E-state index >= 15 is 0 Å². The Morgan fingerprint density at radius 2 is 2.08 bits per heavy atom. The molecule has 2 unspecified atom stereocenters. The van der Waals surface area contributed by atoms with Crippen molar-refractivity contribution in [1.82, 2.24) is 25.2 Å². The lowest BCUT2D eigenvalue weighted by atomic mass is 10.1. The molecule has 1 aromatic heterocycles. The van der Waals surface area contributed by atoms with Crippen LogP contribution in [0, 0.1) is 6.92 Å². The molecule has 0 aliphatic carbocycles. The van der Waals surface area contributed by atoms with E-state index in [0.717, 1.165) is 41.8 Å². The minimum atomic E-state index is -0.0110. The van der Waals surface area contributed by atoms with Crippen LogP contribution in [0.3, 0.4) is 0 Å². The molecular weight excluding hydrogens is 406 g/mol. The second-order valence-electron chi connectivity index (χ2n) is 6.59. The van der Waals surface area contributed by atoms with Crippen LogP contribution >= 0.6 is 28.3 Å². The molecule has 6 nitrogen and oxygen atoms in total. The lowest BCUT2D eigenvalue weighted by molar-refractivity contribution is 0.0741. The van der Waals surface area contributed by atoms with Gasteiger partial charge in [-0.15, -0.1) is 17.5 Å². The van der Waals surface area contributed by atoms with E-state index in [1.807, 2.05) is 36.1 Å². The molecule has 1 amide bonds. The highest BCUT2D eigenvalue weighted by molar-refractivity contribution is 9.10. The molecule has 8 heteroatoms. The summed E-state index contributed by atoms with van der Waals surface area (Å²) < 4.78 is 2.69. The molecule has 0 radical (unpaired) electrons. The Morgan fingerprint density at radius 1 is 1.28 bits per heavy atom. The molecule has 2 bridgehead atoms. The maximum Gasteiger partial charge on any atom is 0.276 e. The molecule has 0 spiro atoms. The van der Waals surface area contributed by atoms with Gasteiger partial charge in [0.2, 0.25) is 0 Å². The predicted molar refractivity (Wildman–Crippen MR) is 102 cm³/mol. The van der Waals surface area contributed by atoms with Crippen molar-refractivity contribution in [2.45, 2.75) is 38.3 Å².